The summed E-state index contributed by atoms with van der Waals surface area (Å²) in [5.41, 5.74) is 3.60. The van der Waals surface area contributed by atoms with Crippen LogP contribution in [0.4, 0.5) is 0 Å². The standard InChI is InChI=1S/C21H30N2O3/c1-5-22(6-2)21(24)15-9-7-10-16-19(15)20-17(23(16)13-14-25-3)11-8-12-18(20)26-4/h8,11-12,15H,5-7,9-10,13-14H2,1-4H3. The highest BCUT2D eigenvalue weighted by Crippen LogP contribution is 2.43. The van der Waals surface area contributed by atoms with Gasteiger partial charge in [0.15, 0.2) is 0 Å². The van der Waals surface area contributed by atoms with Gasteiger partial charge in [0.25, 0.3) is 0 Å². The zero-order valence-electron chi connectivity index (χ0n) is 16.4. The summed E-state index contributed by atoms with van der Waals surface area (Å²) < 4.78 is 13.3. The lowest BCUT2D eigenvalue weighted by molar-refractivity contribution is -0.132. The Labute approximate surface area is 155 Å². The van der Waals surface area contributed by atoms with Crippen LogP contribution in [0.15, 0.2) is 18.2 Å². The number of fused-ring (bicyclic) bond motifs is 3. The molecule has 142 valence electrons. The first-order valence-corrected chi connectivity index (χ1v) is 9.63. The molecule has 1 heterocycles. The van der Waals surface area contributed by atoms with E-state index in [-0.39, 0.29) is 11.8 Å². The predicted octanol–water partition coefficient (Wildman–Crippen LogP) is 3.58. The van der Waals surface area contributed by atoms with E-state index in [1.807, 2.05) is 30.9 Å². The van der Waals surface area contributed by atoms with Crippen LogP contribution in [0.2, 0.25) is 0 Å². The molecular weight excluding hydrogens is 328 g/mol. The van der Waals surface area contributed by atoms with E-state index in [0.29, 0.717) is 6.61 Å². The first-order valence-electron chi connectivity index (χ1n) is 9.63. The van der Waals surface area contributed by atoms with E-state index in [9.17, 15) is 4.79 Å². The molecule has 0 spiro atoms. The molecule has 5 nitrogen and oxygen atoms in total. The number of amides is 1. The molecular formula is C21H30N2O3. The number of hydrogen-bond donors (Lipinski definition) is 0. The van der Waals surface area contributed by atoms with Crippen molar-refractivity contribution in [2.75, 3.05) is 33.9 Å². The number of carbonyl (C=O) groups is 1. The lowest BCUT2D eigenvalue weighted by Gasteiger charge is -2.29. The molecule has 0 bridgehead atoms. The maximum absolute atomic E-state index is 13.2. The second-order valence-electron chi connectivity index (χ2n) is 6.81. The van der Waals surface area contributed by atoms with Gasteiger partial charge in [-0.15, -0.1) is 0 Å². The van der Waals surface area contributed by atoms with E-state index in [1.54, 1.807) is 14.2 Å². The second kappa shape index (κ2) is 8.12. The molecule has 0 aliphatic heterocycles. The smallest absolute Gasteiger partial charge is 0.230 e. The molecule has 0 saturated carbocycles. The minimum atomic E-state index is -0.0822. The molecule has 1 atom stereocenters. The fourth-order valence-electron chi connectivity index (χ4n) is 4.32. The Balaban J connectivity index is 2.20. The molecule has 1 unspecified atom stereocenters. The van der Waals surface area contributed by atoms with Crippen LogP contribution in [0.3, 0.4) is 0 Å². The highest BCUT2D eigenvalue weighted by Gasteiger charge is 2.34. The molecule has 1 amide bonds. The SMILES string of the molecule is CCN(CC)C(=O)C1CCCc2c1c1c(OC)cccc1n2CCOC. The van der Waals surface area contributed by atoms with Crippen molar-refractivity contribution in [2.24, 2.45) is 0 Å². The van der Waals surface area contributed by atoms with E-state index >= 15 is 0 Å². The van der Waals surface area contributed by atoms with Crippen LogP contribution >= 0.6 is 0 Å². The molecule has 1 aliphatic carbocycles. The number of likely N-dealkylation sites (N-methyl/N-ethyl adjacent to an activating group) is 1. The van der Waals surface area contributed by atoms with Gasteiger partial charge < -0.3 is 18.9 Å². The molecule has 1 aliphatic rings. The maximum atomic E-state index is 13.2. The van der Waals surface area contributed by atoms with Crippen LogP contribution in [0.25, 0.3) is 10.9 Å². The molecule has 0 N–H and O–H groups in total. The number of rotatable bonds is 7. The maximum Gasteiger partial charge on any atom is 0.230 e. The van der Waals surface area contributed by atoms with Gasteiger partial charge in [0.1, 0.15) is 5.75 Å². The van der Waals surface area contributed by atoms with Crippen LogP contribution in [-0.2, 0) is 22.5 Å². The highest BCUT2D eigenvalue weighted by molar-refractivity contribution is 5.97. The summed E-state index contributed by atoms with van der Waals surface area (Å²) in [4.78, 5) is 15.2. The van der Waals surface area contributed by atoms with Gasteiger partial charge in [0.05, 0.1) is 25.2 Å². The average Bonchev–Trinajstić information content (AvgIpc) is 3.01. The highest BCUT2D eigenvalue weighted by atomic mass is 16.5. The zero-order valence-corrected chi connectivity index (χ0v) is 16.4. The van der Waals surface area contributed by atoms with Crippen molar-refractivity contribution in [3.05, 3.63) is 29.5 Å². The van der Waals surface area contributed by atoms with Gasteiger partial charge in [-0.3, -0.25) is 4.79 Å². The normalized spacial score (nSPS) is 16.5. The Kier molecular flexibility index (Phi) is 5.87. The van der Waals surface area contributed by atoms with Crippen molar-refractivity contribution in [3.8, 4) is 5.75 Å². The first-order chi connectivity index (χ1) is 12.7. The van der Waals surface area contributed by atoms with Crippen molar-refractivity contribution in [2.45, 2.75) is 45.6 Å². The Bertz CT molecular complexity index is 777. The number of nitrogens with zero attached hydrogens (tertiary/aromatic N) is 2. The summed E-state index contributed by atoms with van der Waals surface area (Å²) in [5, 5.41) is 1.10. The lowest BCUT2D eigenvalue weighted by atomic mass is 9.84. The summed E-state index contributed by atoms with van der Waals surface area (Å²) in [6, 6.07) is 6.15. The van der Waals surface area contributed by atoms with E-state index in [0.717, 1.165) is 55.5 Å². The van der Waals surface area contributed by atoms with Gasteiger partial charge in [-0.1, -0.05) is 6.07 Å². The molecule has 0 fully saturated rings. The van der Waals surface area contributed by atoms with E-state index in [1.165, 1.54) is 11.3 Å². The number of aromatic nitrogens is 1. The molecule has 0 saturated heterocycles. The summed E-state index contributed by atoms with van der Waals surface area (Å²) in [7, 11) is 3.43. The Morgan fingerprint density at radius 1 is 1.27 bits per heavy atom. The van der Waals surface area contributed by atoms with Crippen molar-refractivity contribution in [3.63, 3.8) is 0 Å². The molecule has 0 radical (unpaired) electrons. The summed E-state index contributed by atoms with van der Waals surface area (Å²) in [5.74, 6) is 1.02. The van der Waals surface area contributed by atoms with Crippen LogP contribution < -0.4 is 4.74 Å². The molecule has 1 aromatic heterocycles. The fourth-order valence-corrected chi connectivity index (χ4v) is 4.32. The van der Waals surface area contributed by atoms with Crippen molar-refractivity contribution < 1.29 is 14.3 Å². The fraction of sp³-hybridized carbons (Fsp3) is 0.571. The quantitative estimate of drug-likeness (QED) is 0.760. The number of carbonyl (C=O) groups excluding carboxylic acids is 1. The molecule has 2 aromatic rings. The minimum Gasteiger partial charge on any atom is -0.496 e. The zero-order chi connectivity index (χ0) is 18.7. The van der Waals surface area contributed by atoms with Gasteiger partial charge >= 0.3 is 0 Å². The summed E-state index contributed by atoms with van der Waals surface area (Å²) in [6.07, 6.45) is 2.94. The summed E-state index contributed by atoms with van der Waals surface area (Å²) in [6.45, 7) is 7.05. The molecule has 5 heteroatoms. The topological polar surface area (TPSA) is 43.7 Å². The van der Waals surface area contributed by atoms with Gasteiger partial charge in [0.2, 0.25) is 5.91 Å². The third kappa shape index (κ3) is 3.09. The third-order valence-electron chi connectivity index (χ3n) is 5.57. The van der Waals surface area contributed by atoms with E-state index < -0.39 is 0 Å². The number of ether oxygens (including phenoxy) is 2. The van der Waals surface area contributed by atoms with Gasteiger partial charge in [-0.2, -0.15) is 0 Å². The number of hydrogen-bond acceptors (Lipinski definition) is 3. The largest absolute Gasteiger partial charge is 0.496 e. The minimum absolute atomic E-state index is 0.0822. The summed E-state index contributed by atoms with van der Waals surface area (Å²) >= 11 is 0. The number of benzene rings is 1. The first kappa shape index (κ1) is 18.8. The predicted molar refractivity (Wildman–Crippen MR) is 104 cm³/mol. The lowest BCUT2D eigenvalue weighted by Crippen LogP contribution is -2.36. The van der Waals surface area contributed by atoms with Gasteiger partial charge in [0, 0.05) is 37.8 Å². The molecule has 26 heavy (non-hydrogen) atoms. The van der Waals surface area contributed by atoms with Crippen molar-refractivity contribution in [1.29, 1.82) is 0 Å². The Morgan fingerprint density at radius 2 is 2.04 bits per heavy atom. The van der Waals surface area contributed by atoms with Gasteiger partial charge in [-0.05, 0) is 50.8 Å². The average molecular weight is 358 g/mol. The second-order valence-corrected chi connectivity index (χ2v) is 6.81. The van der Waals surface area contributed by atoms with Gasteiger partial charge in [-0.25, -0.2) is 0 Å². The van der Waals surface area contributed by atoms with Crippen LogP contribution in [-0.4, -0.2) is 49.3 Å². The molecule has 1 aromatic carbocycles. The van der Waals surface area contributed by atoms with Crippen LogP contribution in [0, 0.1) is 0 Å². The van der Waals surface area contributed by atoms with E-state index in [4.69, 9.17) is 9.47 Å². The monoisotopic (exact) mass is 358 g/mol. The van der Waals surface area contributed by atoms with E-state index in [2.05, 4.69) is 10.6 Å². The molecule has 3 rings (SSSR count). The van der Waals surface area contributed by atoms with Crippen LogP contribution in [0.1, 0.15) is 43.9 Å². The third-order valence-corrected chi connectivity index (χ3v) is 5.57. The Hall–Kier alpha value is -2.01. The van der Waals surface area contributed by atoms with Crippen molar-refractivity contribution in [1.82, 2.24) is 9.47 Å². The number of methoxy groups -OCH3 is 2. The van der Waals surface area contributed by atoms with Crippen LogP contribution in [0.5, 0.6) is 5.75 Å². The Morgan fingerprint density at radius 3 is 2.69 bits per heavy atom. The van der Waals surface area contributed by atoms with Crippen molar-refractivity contribution >= 4 is 16.8 Å².